The van der Waals surface area contributed by atoms with E-state index >= 15 is 0 Å². The largest absolute Gasteiger partial charge is 0.478 e. The van der Waals surface area contributed by atoms with Crippen LogP contribution in [0.25, 0.3) is 0 Å². The summed E-state index contributed by atoms with van der Waals surface area (Å²) in [6, 6.07) is 5.26. The molecular weight excluding hydrogens is 242 g/mol. The van der Waals surface area contributed by atoms with Gasteiger partial charge >= 0.3 is 5.97 Å². The minimum absolute atomic E-state index is 0.226. The van der Waals surface area contributed by atoms with E-state index < -0.39 is 5.97 Å². The summed E-state index contributed by atoms with van der Waals surface area (Å²) < 4.78 is 0. The SMILES string of the molecule is CC(C)C(O)CN1CCCc2cc(C(=O)O)ccc21. The molecule has 0 aliphatic carbocycles. The highest BCUT2D eigenvalue weighted by Gasteiger charge is 2.21. The van der Waals surface area contributed by atoms with E-state index in [1.54, 1.807) is 12.1 Å². The van der Waals surface area contributed by atoms with Gasteiger partial charge in [0.05, 0.1) is 11.7 Å². The molecule has 0 spiro atoms. The quantitative estimate of drug-likeness (QED) is 0.874. The van der Waals surface area contributed by atoms with Gasteiger partial charge in [-0.05, 0) is 42.5 Å². The van der Waals surface area contributed by atoms with E-state index in [1.165, 1.54) is 0 Å². The molecule has 104 valence electrons. The van der Waals surface area contributed by atoms with Gasteiger partial charge in [-0.25, -0.2) is 4.79 Å². The molecule has 1 atom stereocenters. The number of β-amino-alcohol motifs (C(OH)–C–C–N with tert-alkyl or cyclic N) is 1. The lowest BCUT2D eigenvalue weighted by Crippen LogP contribution is -2.38. The molecule has 0 saturated heterocycles. The van der Waals surface area contributed by atoms with Crippen LogP contribution in [0.2, 0.25) is 0 Å². The Bertz CT molecular complexity index is 470. The van der Waals surface area contributed by atoms with Gasteiger partial charge in [0, 0.05) is 18.8 Å². The molecule has 0 aromatic heterocycles. The maximum Gasteiger partial charge on any atom is 0.335 e. The minimum Gasteiger partial charge on any atom is -0.478 e. The Morgan fingerprint density at radius 3 is 2.79 bits per heavy atom. The molecular formula is C15H21NO3. The van der Waals surface area contributed by atoms with E-state index in [0.717, 1.165) is 30.6 Å². The summed E-state index contributed by atoms with van der Waals surface area (Å²) in [7, 11) is 0. The summed E-state index contributed by atoms with van der Waals surface area (Å²) >= 11 is 0. The third kappa shape index (κ3) is 3.07. The second-order valence-corrected chi connectivity index (χ2v) is 5.51. The topological polar surface area (TPSA) is 60.8 Å². The maximum atomic E-state index is 11.0. The first-order valence-corrected chi connectivity index (χ1v) is 6.78. The number of hydrogen-bond donors (Lipinski definition) is 2. The molecule has 2 rings (SSSR count). The number of carboxylic acid groups (broad SMARTS) is 1. The van der Waals surface area contributed by atoms with Crippen molar-refractivity contribution in [2.75, 3.05) is 18.0 Å². The molecule has 2 N–H and O–H groups in total. The zero-order valence-corrected chi connectivity index (χ0v) is 11.5. The molecule has 1 aliphatic heterocycles. The van der Waals surface area contributed by atoms with E-state index in [4.69, 9.17) is 5.11 Å². The summed E-state index contributed by atoms with van der Waals surface area (Å²) in [5.41, 5.74) is 2.48. The Balaban J connectivity index is 2.22. The summed E-state index contributed by atoms with van der Waals surface area (Å²) in [6.07, 6.45) is 1.55. The fourth-order valence-corrected chi connectivity index (χ4v) is 2.43. The molecule has 4 nitrogen and oxygen atoms in total. The number of nitrogens with zero attached hydrogens (tertiary/aromatic N) is 1. The van der Waals surface area contributed by atoms with Gasteiger partial charge in [0.2, 0.25) is 0 Å². The lowest BCUT2D eigenvalue weighted by Gasteiger charge is -2.34. The number of aryl methyl sites for hydroxylation is 1. The zero-order valence-electron chi connectivity index (χ0n) is 11.5. The van der Waals surface area contributed by atoms with Gasteiger partial charge in [-0.15, -0.1) is 0 Å². The Morgan fingerprint density at radius 2 is 2.16 bits per heavy atom. The first-order valence-electron chi connectivity index (χ1n) is 6.78. The standard InChI is InChI=1S/C15H21NO3/c1-10(2)14(17)9-16-7-3-4-11-8-12(15(18)19)5-6-13(11)16/h5-6,8,10,14,17H,3-4,7,9H2,1-2H3,(H,18,19). The second kappa shape index (κ2) is 5.61. The lowest BCUT2D eigenvalue weighted by molar-refractivity contribution is 0.0696. The molecule has 19 heavy (non-hydrogen) atoms. The average molecular weight is 263 g/mol. The average Bonchev–Trinajstić information content (AvgIpc) is 2.38. The number of carboxylic acids is 1. The van der Waals surface area contributed by atoms with Crippen molar-refractivity contribution in [3.05, 3.63) is 29.3 Å². The molecule has 0 radical (unpaired) electrons. The van der Waals surface area contributed by atoms with Gasteiger partial charge in [0.25, 0.3) is 0 Å². The molecule has 0 saturated carbocycles. The molecule has 0 bridgehead atoms. The number of aliphatic hydroxyl groups excluding tert-OH is 1. The van der Waals surface area contributed by atoms with E-state index in [9.17, 15) is 9.90 Å². The van der Waals surface area contributed by atoms with E-state index in [0.29, 0.717) is 12.1 Å². The van der Waals surface area contributed by atoms with Crippen molar-refractivity contribution in [1.82, 2.24) is 0 Å². The number of aliphatic hydroxyl groups is 1. The number of aromatic carboxylic acids is 1. The monoisotopic (exact) mass is 263 g/mol. The Morgan fingerprint density at radius 1 is 1.42 bits per heavy atom. The first kappa shape index (κ1) is 13.9. The van der Waals surface area contributed by atoms with Gasteiger partial charge in [-0.1, -0.05) is 13.8 Å². The summed E-state index contributed by atoms with van der Waals surface area (Å²) in [6.45, 7) is 5.53. The Hall–Kier alpha value is -1.55. The van der Waals surface area contributed by atoms with Crippen LogP contribution in [0, 0.1) is 5.92 Å². The smallest absolute Gasteiger partial charge is 0.335 e. The molecule has 1 heterocycles. The van der Waals surface area contributed by atoms with Gasteiger partial charge in [-0.3, -0.25) is 0 Å². The summed E-state index contributed by atoms with van der Waals surface area (Å²) in [5, 5.41) is 19.0. The van der Waals surface area contributed by atoms with E-state index in [2.05, 4.69) is 4.90 Å². The van der Waals surface area contributed by atoms with Crippen molar-refractivity contribution in [1.29, 1.82) is 0 Å². The number of hydrogen-bond acceptors (Lipinski definition) is 3. The lowest BCUT2D eigenvalue weighted by atomic mass is 9.98. The van der Waals surface area contributed by atoms with Gasteiger partial charge in [0.15, 0.2) is 0 Å². The maximum absolute atomic E-state index is 11.0. The van der Waals surface area contributed by atoms with Crippen molar-refractivity contribution in [3.63, 3.8) is 0 Å². The van der Waals surface area contributed by atoms with Crippen LogP contribution in [0.3, 0.4) is 0 Å². The van der Waals surface area contributed by atoms with Crippen molar-refractivity contribution in [2.24, 2.45) is 5.92 Å². The summed E-state index contributed by atoms with van der Waals surface area (Å²) in [5.74, 6) is -0.661. The second-order valence-electron chi connectivity index (χ2n) is 5.51. The number of benzene rings is 1. The van der Waals surface area contributed by atoms with Crippen LogP contribution in [0.1, 0.15) is 36.2 Å². The molecule has 1 aromatic carbocycles. The zero-order chi connectivity index (χ0) is 14.0. The molecule has 1 aromatic rings. The van der Waals surface area contributed by atoms with Crippen molar-refractivity contribution in [2.45, 2.75) is 32.8 Å². The number of anilines is 1. The molecule has 0 fully saturated rings. The molecule has 1 unspecified atom stereocenters. The highest BCUT2D eigenvalue weighted by atomic mass is 16.4. The van der Waals surface area contributed by atoms with Crippen LogP contribution in [0.4, 0.5) is 5.69 Å². The fraction of sp³-hybridized carbons (Fsp3) is 0.533. The number of rotatable bonds is 4. The number of carbonyl (C=O) groups is 1. The molecule has 4 heteroatoms. The first-order chi connectivity index (χ1) is 8.99. The van der Waals surface area contributed by atoms with Crippen LogP contribution in [0.15, 0.2) is 18.2 Å². The van der Waals surface area contributed by atoms with Crippen molar-refractivity contribution >= 4 is 11.7 Å². The third-order valence-electron chi connectivity index (χ3n) is 3.72. The van der Waals surface area contributed by atoms with E-state index in [1.807, 2.05) is 19.9 Å². The van der Waals surface area contributed by atoms with Crippen molar-refractivity contribution < 1.29 is 15.0 Å². The molecule has 0 amide bonds. The van der Waals surface area contributed by atoms with E-state index in [-0.39, 0.29) is 12.0 Å². The van der Waals surface area contributed by atoms with Crippen LogP contribution < -0.4 is 4.90 Å². The summed E-state index contributed by atoms with van der Waals surface area (Å²) in [4.78, 5) is 13.1. The fourth-order valence-electron chi connectivity index (χ4n) is 2.43. The van der Waals surface area contributed by atoms with Gasteiger partial charge in [-0.2, -0.15) is 0 Å². The number of fused-ring (bicyclic) bond motifs is 1. The van der Waals surface area contributed by atoms with Crippen LogP contribution in [0.5, 0.6) is 0 Å². The van der Waals surface area contributed by atoms with Gasteiger partial charge in [0.1, 0.15) is 0 Å². The predicted octanol–water partition coefficient (Wildman–Crippen LogP) is 2.15. The van der Waals surface area contributed by atoms with Crippen LogP contribution in [-0.2, 0) is 6.42 Å². The normalized spacial score (nSPS) is 16.3. The highest BCUT2D eigenvalue weighted by molar-refractivity contribution is 5.88. The van der Waals surface area contributed by atoms with Crippen LogP contribution >= 0.6 is 0 Å². The highest BCUT2D eigenvalue weighted by Crippen LogP contribution is 2.28. The predicted molar refractivity (Wildman–Crippen MR) is 74.8 cm³/mol. The minimum atomic E-state index is -0.887. The Kier molecular flexibility index (Phi) is 4.10. The Labute approximate surface area is 113 Å². The molecule has 1 aliphatic rings. The van der Waals surface area contributed by atoms with Crippen molar-refractivity contribution in [3.8, 4) is 0 Å². The van der Waals surface area contributed by atoms with Crippen LogP contribution in [-0.4, -0.2) is 35.4 Å². The third-order valence-corrected chi connectivity index (χ3v) is 3.72. The van der Waals surface area contributed by atoms with Gasteiger partial charge < -0.3 is 15.1 Å².